The highest BCUT2D eigenvalue weighted by Gasteiger charge is 2.49. The minimum absolute atomic E-state index is 0.122. The van der Waals surface area contributed by atoms with Crippen LogP contribution in [0.1, 0.15) is 36.7 Å². The van der Waals surface area contributed by atoms with Gasteiger partial charge in [0.15, 0.2) is 6.10 Å². The van der Waals surface area contributed by atoms with Gasteiger partial charge < -0.3 is 18.9 Å². The van der Waals surface area contributed by atoms with Gasteiger partial charge in [0.05, 0.1) is 17.6 Å². The zero-order valence-corrected chi connectivity index (χ0v) is 17.7. The van der Waals surface area contributed by atoms with Crippen molar-refractivity contribution in [3.8, 4) is 0 Å². The van der Waals surface area contributed by atoms with Gasteiger partial charge in [0.1, 0.15) is 6.61 Å². The van der Waals surface area contributed by atoms with Gasteiger partial charge in [-0.15, -0.1) is 0 Å². The maximum Gasteiger partial charge on any atom is 0.338 e. The summed E-state index contributed by atoms with van der Waals surface area (Å²) in [5.74, 6) is -2.85. The maximum absolute atomic E-state index is 12.9. The van der Waals surface area contributed by atoms with Crippen molar-refractivity contribution < 1.29 is 33.3 Å². The van der Waals surface area contributed by atoms with Crippen molar-refractivity contribution in [3.63, 3.8) is 0 Å². The van der Waals surface area contributed by atoms with Crippen LogP contribution in [-0.4, -0.2) is 36.4 Å². The first-order valence-corrected chi connectivity index (χ1v) is 10.2. The number of carbonyl (C=O) groups excluding carboxylic acids is 3. The molecule has 7 heteroatoms. The molecule has 2 unspecified atom stereocenters. The zero-order valence-electron chi connectivity index (χ0n) is 17.7. The molecule has 0 spiro atoms. The molecule has 0 radical (unpaired) electrons. The number of rotatable bonds is 6. The van der Waals surface area contributed by atoms with Crippen LogP contribution < -0.4 is 0 Å². The van der Waals surface area contributed by atoms with Gasteiger partial charge in [-0.3, -0.25) is 9.59 Å². The lowest BCUT2D eigenvalue weighted by molar-refractivity contribution is -0.259. The van der Waals surface area contributed by atoms with E-state index in [1.807, 2.05) is 30.3 Å². The molecule has 1 aliphatic rings. The average molecular weight is 426 g/mol. The molecule has 5 atom stereocenters. The Kier molecular flexibility index (Phi) is 7.41. The first-order valence-electron chi connectivity index (χ1n) is 10.2. The molecular formula is C24H26O7. The van der Waals surface area contributed by atoms with E-state index in [1.54, 1.807) is 44.2 Å². The fraction of sp³-hybridized carbons (Fsp3) is 0.375. The van der Waals surface area contributed by atoms with Gasteiger partial charge in [-0.25, -0.2) is 4.79 Å². The van der Waals surface area contributed by atoms with Crippen LogP contribution in [0.5, 0.6) is 0 Å². The summed E-state index contributed by atoms with van der Waals surface area (Å²) in [6.45, 7) is 4.83. The van der Waals surface area contributed by atoms with Crippen molar-refractivity contribution in [3.05, 3.63) is 71.8 Å². The Balaban J connectivity index is 1.76. The number of hydrogen-bond donors (Lipinski definition) is 0. The second-order valence-corrected chi connectivity index (χ2v) is 7.53. The third-order valence-corrected chi connectivity index (χ3v) is 5.24. The highest BCUT2D eigenvalue weighted by molar-refractivity contribution is 5.89. The van der Waals surface area contributed by atoms with E-state index in [0.29, 0.717) is 5.56 Å². The van der Waals surface area contributed by atoms with Crippen LogP contribution in [0.3, 0.4) is 0 Å². The summed E-state index contributed by atoms with van der Waals surface area (Å²) in [5, 5.41) is 0. The standard InChI is InChI=1S/C24H26O7/c1-15-20(23(27)28-14-18-10-6-4-7-11-18)16(2)29-24(30-17(3)25)21(15)31-22(26)19-12-8-5-9-13-19/h4-13,15-16,20-21,24H,14H2,1-3H3/t15-,16?,20-,21?,24+/m0/s1. The van der Waals surface area contributed by atoms with Crippen LogP contribution in [0, 0.1) is 11.8 Å². The largest absolute Gasteiger partial charge is 0.461 e. The summed E-state index contributed by atoms with van der Waals surface area (Å²) in [5.41, 5.74) is 1.20. The third kappa shape index (κ3) is 5.70. The Morgan fingerprint density at radius 1 is 0.903 bits per heavy atom. The number of esters is 3. The maximum atomic E-state index is 12.9. The summed E-state index contributed by atoms with van der Waals surface area (Å²) in [7, 11) is 0. The molecule has 0 aliphatic carbocycles. The van der Waals surface area contributed by atoms with Gasteiger partial charge in [0, 0.05) is 12.8 Å². The predicted molar refractivity (Wildman–Crippen MR) is 111 cm³/mol. The van der Waals surface area contributed by atoms with Crippen LogP contribution >= 0.6 is 0 Å². The fourth-order valence-corrected chi connectivity index (χ4v) is 3.67. The lowest BCUT2D eigenvalue weighted by Gasteiger charge is -2.42. The molecule has 0 saturated carbocycles. The highest BCUT2D eigenvalue weighted by atomic mass is 16.7. The normalized spacial score (nSPS) is 25.3. The van der Waals surface area contributed by atoms with Crippen molar-refractivity contribution in [2.45, 2.75) is 45.9 Å². The van der Waals surface area contributed by atoms with Crippen molar-refractivity contribution in [1.29, 1.82) is 0 Å². The van der Waals surface area contributed by atoms with E-state index in [4.69, 9.17) is 18.9 Å². The van der Waals surface area contributed by atoms with Gasteiger partial charge in [-0.1, -0.05) is 55.5 Å². The number of hydrogen-bond acceptors (Lipinski definition) is 7. The van der Waals surface area contributed by atoms with E-state index in [0.717, 1.165) is 5.56 Å². The van der Waals surface area contributed by atoms with Crippen molar-refractivity contribution in [2.24, 2.45) is 11.8 Å². The lowest BCUT2D eigenvalue weighted by Crippen LogP contribution is -2.54. The molecule has 1 heterocycles. The molecule has 0 N–H and O–H groups in total. The molecule has 1 fully saturated rings. The lowest BCUT2D eigenvalue weighted by atomic mass is 9.82. The van der Waals surface area contributed by atoms with E-state index in [-0.39, 0.29) is 6.61 Å². The Labute approximate surface area is 181 Å². The van der Waals surface area contributed by atoms with Crippen LogP contribution in [0.15, 0.2) is 60.7 Å². The first-order chi connectivity index (χ1) is 14.9. The average Bonchev–Trinajstić information content (AvgIpc) is 2.75. The zero-order chi connectivity index (χ0) is 22.4. The van der Waals surface area contributed by atoms with E-state index in [9.17, 15) is 14.4 Å². The minimum Gasteiger partial charge on any atom is -0.461 e. The number of carbonyl (C=O) groups is 3. The Bertz CT molecular complexity index is 897. The molecule has 0 amide bonds. The molecule has 2 aromatic rings. The fourth-order valence-electron chi connectivity index (χ4n) is 3.67. The van der Waals surface area contributed by atoms with Gasteiger partial charge in [-0.05, 0) is 24.6 Å². The van der Waals surface area contributed by atoms with Crippen LogP contribution in [0.2, 0.25) is 0 Å². The van der Waals surface area contributed by atoms with Crippen LogP contribution in [-0.2, 0) is 35.1 Å². The molecule has 2 aromatic carbocycles. The monoisotopic (exact) mass is 426 g/mol. The van der Waals surface area contributed by atoms with Crippen molar-refractivity contribution in [2.75, 3.05) is 0 Å². The minimum atomic E-state index is -1.12. The summed E-state index contributed by atoms with van der Waals surface area (Å²) in [6.07, 6.45) is -2.69. The van der Waals surface area contributed by atoms with Crippen molar-refractivity contribution in [1.82, 2.24) is 0 Å². The van der Waals surface area contributed by atoms with Crippen LogP contribution in [0.4, 0.5) is 0 Å². The van der Waals surface area contributed by atoms with E-state index in [2.05, 4.69) is 0 Å². The Morgan fingerprint density at radius 2 is 1.52 bits per heavy atom. The first kappa shape index (κ1) is 22.5. The summed E-state index contributed by atoms with van der Waals surface area (Å²) < 4.78 is 22.2. The Morgan fingerprint density at radius 3 is 2.13 bits per heavy atom. The van der Waals surface area contributed by atoms with Crippen LogP contribution in [0.25, 0.3) is 0 Å². The van der Waals surface area contributed by atoms with E-state index in [1.165, 1.54) is 6.92 Å². The third-order valence-electron chi connectivity index (χ3n) is 5.24. The molecular weight excluding hydrogens is 400 g/mol. The Hall–Kier alpha value is -3.19. The molecule has 1 saturated heterocycles. The van der Waals surface area contributed by atoms with E-state index < -0.39 is 48.2 Å². The van der Waals surface area contributed by atoms with Gasteiger partial charge in [0.2, 0.25) is 6.29 Å². The topological polar surface area (TPSA) is 88.1 Å². The smallest absolute Gasteiger partial charge is 0.338 e. The van der Waals surface area contributed by atoms with Gasteiger partial charge >= 0.3 is 17.9 Å². The molecule has 0 aromatic heterocycles. The second kappa shape index (κ2) is 10.2. The van der Waals surface area contributed by atoms with E-state index >= 15 is 0 Å². The predicted octanol–water partition coefficient (Wildman–Crippen LogP) is 3.52. The SMILES string of the molecule is CC(=O)O[C@H]1OC(C)[C@@H](C(=O)OCc2ccccc2)[C@H](C)C1OC(=O)c1ccccc1. The van der Waals surface area contributed by atoms with Crippen molar-refractivity contribution >= 4 is 17.9 Å². The molecule has 31 heavy (non-hydrogen) atoms. The summed E-state index contributed by atoms with van der Waals surface area (Å²) >= 11 is 0. The molecule has 164 valence electrons. The highest BCUT2D eigenvalue weighted by Crippen LogP contribution is 2.35. The number of benzene rings is 2. The molecule has 7 nitrogen and oxygen atoms in total. The summed E-state index contributed by atoms with van der Waals surface area (Å²) in [4.78, 5) is 37.1. The second-order valence-electron chi connectivity index (χ2n) is 7.53. The number of ether oxygens (including phenoxy) is 4. The molecule has 0 bridgehead atoms. The molecule has 3 rings (SSSR count). The molecule has 1 aliphatic heterocycles. The summed E-state index contributed by atoms with van der Waals surface area (Å²) in [6, 6.07) is 17.8. The van der Waals surface area contributed by atoms with Gasteiger partial charge in [0.25, 0.3) is 0 Å². The van der Waals surface area contributed by atoms with Gasteiger partial charge in [-0.2, -0.15) is 0 Å². The quantitative estimate of drug-likeness (QED) is 0.516.